The Hall–Kier alpha value is -4.82. The van der Waals surface area contributed by atoms with Crippen molar-refractivity contribution in [1.29, 1.82) is 5.26 Å². The highest BCUT2D eigenvalue weighted by Gasteiger charge is 2.29. The molecule has 0 saturated carbocycles. The molecule has 0 fully saturated rings. The summed E-state index contributed by atoms with van der Waals surface area (Å²) in [7, 11) is 0. The number of benzene rings is 3. The van der Waals surface area contributed by atoms with Gasteiger partial charge in [-0.3, -0.25) is 15.1 Å². The Kier molecular flexibility index (Phi) is 9.03. The number of pyridine rings is 1. The first-order valence-electron chi connectivity index (χ1n) is 14.5. The van der Waals surface area contributed by atoms with E-state index in [9.17, 15) is 20.3 Å². The number of carboxylic acids is 1. The largest absolute Gasteiger partial charge is 0.488 e. The van der Waals surface area contributed by atoms with E-state index in [-0.39, 0.29) is 19.3 Å². The van der Waals surface area contributed by atoms with Crippen molar-refractivity contribution in [2.45, 2.75) is 38.1 Å². The minimum absolute atomic E-state index is 0.0617. The summed E-state index contributed by atoms with van der Waals surface area (Å²) in [6.45, 7) is 0.594. The molecular formula is C34H30ClN3O7. The lowest BCUT2D eigenvalue weighted by Gasteiger charge is -2.22. The second kappa shape index (κ2) is 13.4. The van der Waals surface area contributed by atoms with Gasteiger partial charge in [-0.2, -0.15) is 5.26 Å². The zero-order valence-corrected chi connectivity index (χ0v) is 24.9. The number of aromatic nitrogens is 1. The van der Waals surface area contributed by atoms with Gasteiger partial charge in [0.2, 0.25) is 0 Å². The maximum atomic E-state index is 11.5. The van der Waals surface area contributed by atoms with E-state index in [1.165, 1.54) is 11.8 Å². The van der Waals surface area contributed by atoms with Crippen molar-refractivity contribution in [3.8, 4) is 40.2 Å². The van der Waals surface area contributed by atoms with E-state index in [0.29, 0.717) is 46.4 Å². The molecule has 0 bridgehead atoms. The molecule has 2 atom stereocenters. The summed E-state index contributed by atoms with van der Waals surface area (Å²) in [6.07, 6.45) is 4.33. The third-order valence-electron chi connectivity index (χ3n) is 7.79. The number of aliphatic hydroxyl groups is 1. The number of nitrogens with zero attached hydrogens (tertiary/aromatic N) is 2. The van der Waals surface area contributed by atoms with Gasteiger partial charge in [0.05, 0.1) is 17.2 Å². The molecule has 0 radical (unpaired) electrons. The van der Waals surface area contributed by atoms with Gasteiger partial charge >= 0.3 is 5.97 Å². The summed E-state index contributed by atoms with van der Waals surface area (Å²) in [6, 6.07) is 18.0. The third kappa shape index (κ3) is 6.51. The molecule has 1 aliphatic carbocycles. The van der Waals surface area contributed by atoms with Crippen LogP contribution in [0.4, 0.5) is 0 Å². The Morgan fingerprint density at radius 1 is 1.11 bits per heavy atom. The summed E-state index contributed by atoms with van der Waals surface area (Å²) in [4.78, 5) is 15.5. The van der Waals surface area contributed by atoms with E-state index >= 15 is 0 Å². The van der Waals surface area contributed by atoms with E-state index in [1.807, 2.05) is 24.3 Å². The summed E-state index contributed by atoms with van der Waals surface area (Å²) in [5.41, 5.74) is 5.93. The van der Waals surface area contributed by atoms with Crippen molar-refractivity contribution in [2.24, 2.45) is 0 Å². The standard InChI is InChI=1S/C34H30ClN3O7/c35-27-12-22(17-38-28(18-39)34(40)41)31(44-19-21-11-20(14-36)15-37-16-21)13-32(27)45-29-8-7-24-23(3-1-4-25(24)29)26-5-2-6-30-33(26)43-10-9-42-30/h1-6,11-13,15-16,28-29,38-39H,7-10,17-19H2,(H,40,41)/t28?,29-/m0/s1. The Balaban J connectivity index is 1.28. The molecule has 3 aromatic carbocycles. The quantitative estimate of drug-likeness (QED) is 0.202. The number of halogens is 1. The van der Waals surface area contributed by atoms with Crippen molar-refractivity contribution in [3.63, 3.8) is 0 Å². The monoisotopic (exact) mass is 627 g/mol. The lowest BCUT2D eigenvalue weighted by atomic mass is 9.95. The molecule has 4 aromatic rings. The fraction of sp³-hybridized carbons (Fsp3) is 0.265. The van der Waals surface area contributed by atoms with Crippen LogP contribution in [0.1, 0.15) is 40.3 Å². The fourth-order valence-corrected chi connectivity index (χ4v) is 5.85. The molecule has 1 unspecified atom stereocenters. The van der Waals surface area contributed by atoms with E-state index in [2.05, 4.69) is 28.5 Å². The highest BCUT2D eigenvalue weighted by Crippen LogP contribution is 2.46. The smallest absolute Gasteiger partial charge is 0.323 e. The summed E-state index contributed by atoms with van der Waals surface area (Å²) in [5, 5.41) is 31.2. The third-order valence-corrected chi connectivity index (χ3v) is 8.09. The Morgan fingerprint density at radius 2 is 1.93 bits per heavy atom. The molecular weight excluding hydrogens is 598 g/mol. The van der Waals surface area contributed by atoms with Crippen LogP contribution in [0.2, 0.25) is 5.02 Å². The number of fused-ring (bicyclic) bond motifs is 2. The van der Waals surface area contributed by atoms with E-state index < -0.39 is 18.6 Å². The van der Waals surface area contributed by atoms with Crippen LogP contribution in [-0.2, 0) is 24.4 Å². The molecule has 45 heavy (non-hydrogen) atoms. The second-order valence-electron chi connectivity index (χ2n) is 10.7. The van der Waals surface area contributed by atoms with Gasteiger partial charge in [0.25, 0.3) is 0 Å². The molecule has 11 heteroatoms. The van der Waals surface area contributed by atoms with Crippen LogP contribution in [0.3, 0.4) is 0 Å². The maximum Gasteiger partial charge on any atom is 0.323 e. The normalized spacial score (nSPS) is 15.5. The number of nitriles is 1. The molecule has 1 aromatic heterocycles. The van der Waals surface area contributed by atoms with Crippen LogP contribution in [0.15, 0.2) is 67.0 Å². The average Bonchev–Trinajstić information content (AvgIpc) is 3.48. The van der Waals surface area contributed by atoms with Crippen LogP contribution in [0.25, 0.3) is 11.1 Å². The van der Waals surface area contributed by atoms with Gasteiger partial charge in [-0.25, -0.2) is 0 Å². The van der Waals surface area contributed by atoms with E-state index in [4.69, 9.17) is 30.5 Å². The van der Waals surface area contributed by atoms with E-state index in [0.717, 1.165) is 41.0 Å². The number of aliphatic carboxylic acids is 1. The molecule has 0 saturated heterocycles. The number of ether oxygens (including phenoxy) is 4. The van der Waals surface area contributed by atoms with E-state index in [1.54, 1.807) is 24.4 Å². The molecule has 3 N–H and O–H groups in total. The Labute approximate surface area is 264 Å². The van der Waals surface area contributed by atoms with Crippen molar-refractivity contribution < 1.29 is 34.0 Å². The van der Waals surface area contributed by atoms with Gasteiger partial charge in [-0.15, -0.1) is 0 Å². The summed E-state index contributed by atoms with van der Waals surface area (Å²) >= 11 is 6.73. The van der Waals surface area contributed by atoms with Gasteiger partial charge in [-0.05, 0) is 47.7 Å². The molecule has 230 valence electrons. The predicted molar refractivity (Wildman–Crippen MR) is 165 cm³/mol. The highest BCUT2D eigenvalue weighted by atomic mass is 35.5. The average molecular weight is 628 g/mol. The molecule has 0 amide bonds. The van der Waals surface area contributed by atoms with Crippen molar-refractivity contribution in [3.05, 3.63) is 99.8 Å². The van der Waals surface area contributed by atoms with Gasteiger partial charge in [0.1, 0.15) is 49.5 Å². The van der Waals surface area contributed by atoms with Crippen LogP contribution in [0.5, 0.6) is 23.0 Å². The van der Waals surface area contributed by atoms with Gasteiger partial charge in [-0.1, -0.05) is 41.9 Å². The number of rotatable bonds is 11. The number of carboxylic acid groups (broad SMARTS) is 1. The van der Waals surface area contributed by atoms with Crippen molar-refractivity contribution in [2.75, 3.05) is 19.8 Å². The topological polar surface area (TPSA) is 143 Å². The zero-order valence-electron chi connectivity index (χ0n) is 24.2. The molecule has 1 aliphatic heterocycles. The molecule has 6 rings (SSSR count). The molecule has 2 aliphatic rings. The Morgan fingerprint density at radius 3 is 2.76 bits per heavy atom. The minimum Gasteiger partial charge on any atom is -0.488 e. The number of carbonyl (C=O) groups is 1. The number of aliphatic hydroxyl groups excluding tert-OH is 1. The minimum atomic E-state index is -1.18. The van der Waals surface area contributed by atoms with Crippen molar-refractivity contribution >= 4 is 17.6 Å². The highest BCUT2D eigenvalue weighted by molar-refractivity contribution is 6.32. The van der Waals surface area contributed by atoms with Crippen LogP contribution < -0.4 is 24.3 Å². The predicted octanol–water partition coefficient (Wildman–Crippen LogP) is 5.23. The van der Waals surface area contributed by atoms with Crippen molar-refractivity contribution in [1.82, 2.24) is 10.3 Å². The summed E-state index contributed by atoms with van der Waals surface area (Å²) in [5.74, 6) is 1.12. The number of nitrogens with one attached hydrogen (secondary N) is 1. The van der Waals surface area contributed by atoms with Gasteiger partial charge in [0.15, 0.2) is 11.5 Å². The molecule has 10 nitrogen and oxygen atoms in total. The van der Waals surface area contributed by atoms with Crippen LogP contribution in [0, 0.1) is 11.3 Å². The Bertz CT molecular complexity index is 1770. The first-order valence-corrected chi connectivity index (χ1v) is 14.9. The second-order valence-corrected chi connectivity index (χ2v) is 11.1. The number of hydrogen-bond donors (Lipinski definition) is 3. The maximum absolute atomic E-state index is 11.5. The van der Waals surface area contributed by atoms with Crippen LogP contribution in [-0.4, -0.2) is 47.0 Å². The summed E-state index contributed by atoms with van der Waals surface area (Å²) < 4.78 is 24.5. The number of para-hydroxylation sites is 1. The van der Waals surface area contributed by atoms with Gasteiger partial charge < -0.3 is 29.2 Å². The first-order chi connectivity index (χ1) is 21.9. The molecule has 2 heterocycles. The lowest BCUT2D eigenvalue weighted by molar-refractivity contribution is -0.140. The zero-order chi connectivity index (χ0) is 31.3. The lowest BCUT2D eigenvalue weighted by Crippen LogP contribution is -2.39. The molecule has 0 spiro atoms. The number of hydrogen-bond acceptors (Lipinski definition) is 9. The SMILES string of the molecule is N#Cc1cncc(COc2cc(O[C@H]3CCc4c(-c5cccc6c5OCCO6)cccc43)c(Cl)cc2CNC(CO)C(=O)O)c1. The van der Waals surface area contributed by atoms with Crippen LogP contribution >= 0.6 is 11.6 Å². The first kappa shape index (κ1) is 30.2. The van der Waals surface area contributed by atoms with Gasteiger partial charge in [0, 0.05) is 41.7 Å². The fourth-order valence-electron chi connectivity index (χ4n) is 5.62.